The molecule has 0 unspecified atom stereocenters. The highest BCUT2D eigenvalue weighted by atomic mass is 16.1. The Morgan fingerprint density at radius 1 is 1.15 bits per heavy atom. The molecule has 0 aliphatic rings. The Hall–Kier alpha value is -1.87. The largest absolute Gasteiger partial charge is 0.355 e. The smallest absolute Gasteiger partial charge is 0.220 e. The van der Waals surface area contributed by atoms with Gasteiger partial charge in [0.1, 0.15) is 0 Å². The summed E-state index contributed by atoms with van der Waals surface area (Å²) in [5.74, 6) is 0.103. The molecule has 1 rings (SSSR count). The SMILES string of the molecule is C=CCN(CC=C)CCNC(=O)CCc1ccccc1. The Labute approximate surface area is 122 Å². The molecule has 108 valence electrons. The number of hydrogen-bond donors (Lipinski definition) is 1. The number of amides is 1. The predicted octanol–water partition coefficient (Wildman–Crippen LogP) is 2.41. The zero-order chi connectivity index (χ0) is 14.6. The highest BCUT2D eigenvalue weighted by molar-refractivity contribution is 5.76. The molecule has 20 heavy (non-hydrogen) atoms. The zero-order valence-electron chi connectivity index (χ0n) is 12.1. The van der Waals surface area contributed by atoms with E-state index in [-0.39, 0.29) is 5.91 Å². The van der Waals surface area contributed by atoms with Gasteiger partial charge in [0.15, 0.2) is 0 Å². The van der Waals surface area contributed by atoms with Crippen molar-refractivity contribution in [1.82, 2.24) is 10.2 Å². The average molecular weight is 272 g/mol. The second-order valence-corrected chi connectivity index (χ2v) is 4.67. The molecule has 0 atom stereocenters. The highest BCUT2D eigenvalue weighted by Crippen LogP contribution is 2.01. The van der Waals surface area contributed by atoms with E-state index < -0.39 is 0 Å². The summed E-state index contributed by atoms with van der Waals surface area (Å²) < 4.78 is 0. The van der Waals surface area contributed by atoms with Crippen molar-refractivity contribution in [2.75, 3.05) is 26.2 Å². The van der Waals surface area contributed by atoms with Gasteiger partial charge in [-0.15, -0.1) is 13.2 Å². The van der Waals surface area contributed by atoms with Gasteiger partial charge in [-0.1, -0.05) is 42.5 Å². The Bertz CT molecular complexity index is 404. The van der Waals surface area contributed by atoms with E-state index in [2.05, 4.69) is 23.4 Å². The normalized spacial score (nSPS) is 10.2. The molecular formula is C17H24N2O. The van der Waals surface area contributed by atoms with Crippen LogP contribution in [-0.2, 0) is 11.2 Å². The van der Waals surface area contributed by atoms with Crippen LogP contribution in [0, 0.1) is 0 Å². The number of nitrogens with zero attached hydrogens (tertiary/aromatic N) is 1. The summed E-state index contributed by atoms with van der Waals surface area (Å²) >= 11 is 0. The quantitative estimate of drug-likeness (QED) is 0.663. The molecule has 0 aliphatic carbocycles. The van der Waals surface area contributed by atoms with Crippen molar-refractivity contribution >= 4 is 5.91 Å². The summed E-state index contributed by atoms with van der Waals surface area (Å²) in [5, 5.41) is 2.95. The van der Waals surface area contributed by atoms with Crippen molar-refractivity contribution in [1.29, 1.82) is 0 Å². The van der Waals surface area contributed by atoms with Crippen LogP contribution in [0.2, 0.25) is 0 Å². The van der Waals surface area contributed by atoms with Crippen LogP contribution in [0.25, 0.3) is 0 Å². The van der Waals surface area contributed by atoms with Crippen LogP contribution in [0.4, 0.5) is 0 Å². The van der Waals surface area contributed by atoms with Crippen LogP contribution in [0.15, 0.2) is 55.6 Å². The molecule has 3 nitrogen and oxygen atoms in total. The first-order valence-corrected chi connectivity index (χ1v) is 7.01. The van der Waals surface area contributed by atoms with Gasteiger partial charge in [-0.3, -0.25) is 9.69 Å². The van der Waals surface area contributed by atoms with Crippen molar-refractivity contribution in [2.24, 2.45) is 0 Å². The second-order valence-electron chi connectivity index (χ2n) is 4.67. The van der Waals surface area contributed by atoms with Gasteiger partial charge in [-0.05, 0) is 12.0 Å². The van der Waals surface area contributed by atoms with Gasteiger partial charge >= 0.3 is 0 Å². The predicted molar refractivity (Wildman–Crippen MR) is 84.6 cm³/mol. The number of carbonyl (C=O) groups excluding carboxylic acids is 1. The lowest BCUT2D eigenvalue weighted by atomic mass is 10.1. The minimum Gasteiger partial charge on any atom is -0.355 e. The lowest BCUT2D eigenvalue weighted by Gasteiger charge is -2.18. The first-order chi connectivity index (χ1) is 9.76. The van der Waals surface area contributed by atoms with Gasteiger partial charge in [0, 0.05) is 32.6 Å². The third-order valence-corrected chi connectivity index (χ3v) is 3.01. The Morgan fingerprint density at radius 2 is 1.80 bits per heavy atom. The first kappa shape index (κ1) is 16.2. The fourth-order valence-electron chi connectivity index (χ4n) is 1.97. The van der Waals surface area contributed by atoms with Crippen LogP contribution in [-0.4, -0.2) is 37.0 Å². The Kier molecular flexibility index (Phi) is 8.08. The standard InChI is InChI=1S/C17H24N2O/c1-3-13-19(14-4-2)15-12-18-17(20)11-10-16-8-6-5-7-9-16/h3-9H,1-2,10-15H2,(H,18,20). The van der Waals surface area contributed by atoms with E-state index in [9.17, 15) is 4.79 Å². The third-order valence-electron chi connectivity index (χ3n) is 3.01. The zero-order valence-corrected chi connectivity index (χ0v) is 12.1. The van der Waals surface area contributed by atoms with Crippen LogP contribution >= 0.6 is 0 Å². The van der Waals surface area contributed by atoms with Crippen LogP contribution < -0.4 is 5.32 Å². The Balaban J connectivity index is 2.19. The Morgan fingerprint density at radius 3 is 2.40 bits per heavy atom. The summed E-state index contributed by atoms with van der Waals surface area (Å²) in [6.45, 7) is 10.6. The lowest BCUT2D eigenvalue weighted by molar-refractivity contribution is -0.121. The van der Waals surface area contributed by atoms with E-state index in [1.807, 2.05) is 42.5 Å². The van der Waals surface area contributed by atoms with E-state index in [4.69, 9.17) is 0 Å². The molecule has 0 saturated heterocycles. The van der Waals surface area contributed by atoms with E-state index in [1.165, 1.54) is 5.56 Å². The molecule has 0 spiro atoms. The van der Waals surface area contributed by atoms with Crippen molar-refractivity contribution in [3.63, 3.8) is 0 Å². The molecule has 0 bridgehead atoms. The van der Waals surface area contributed by atoms with E-state index in [0.717, 1.165) is 26.1 Å². The lowest BCUT2D eigenvalue weighted by Crippen LogP contribution is -2.35. The summed E-state index contributed by atoms with van der Waals surface area (Å²) in [5.41, 5.74) is 1.20. The van der Waals surface area contributed by atoms with Gasteiger partial charge in [0.2, 0.25) is 5.91 Å². The molecule has 1 aromatic rings. The van der Waals surface area contributed by atoms with Gasteiger partial charge in [-0.2, -0.15) is 0 Å². The van der Waals surface area contributed by atoms with Crippen LogP contribution in [0.5, 0.6) is 0 Å². The molecule has 1 aromatic carbocycles. The minimum atomic E-state index is 0.103. The molecule has 1 N–H and O–H groups in total. The maximum Gasteiger partial charge on any atom is 0.220 e. The molecular weight excluding hydrogens is 248 g/mol. The molecule has 3 heteroatoms. The van der Waals surface area contributed by atoms with Crippen molar-refractivity contribution in [2.45, 2.75) is 12.8 Å². The number of nitrogens with one attached hydrogen (secondary N) is 1. The van der Waals surface area contributed by atoms with Gasteiger partial charge in [-0.25, -0.2) is 0 Å². The minimum absolute atomic E-state index is 0.103. The van der Waals surface area contributed by atoms with E-state index in [1.54, 1.807) is 0 Å². The molecule has 0 fully saturated rings. The molecule has 0 aromatic heterocycles. The average Bonchev–Trinajstić information content (AvgIpc) is 2.47. The first-order valence-electron chi connectivity index (χ1n) is 7.01. The number of aryl methyl sites for hydroxylation is 1. The number of benzene rings is 1. The van der Waals surface area contributed by atoms with Gasteiger partial charge in [0.25, 0.3) is 0 Å². The van der Waals surface area contributed by atoms with Gasteiger partial charge in [0.05, 0.1) is 0 Å². The second kappa shape index (κ2) is 9.98. The van der Waals surface area contributed by atoms with Crippen molar-refractivity contribution in [3.05, 3.63) is 61.2 Å². The molecule has 0 radical (unpaired) electrons. The number of carbonyl (C=O) groups is 1. The molecule has 0 aliphatic heterocycles. The van der Waals surface area contributed by atoms with Crippen molar-refractivity contribution in [3.8, 4) is 0 Å². The van der Waals surface area contributed by atoms with E-state index in [0.29, 0.717) is 13.0 Å². The summed E-state index contributed by atoms with van der Waals surface area (Å²) in [7, 11) is 0. The van der Waals surface area contributed by atoms with Crippen molar-refractivity contribution < 1.29 is 4.79 Å². The summed E-state index contributed by atoms with van der Waals surface area (Å²) in [6.07, 6.45) is 5.05. The fraction of sp³-hybridized carbons (Fsp3) is 0.353. The number of rotatable bonds is 10. The fourth-order valence-corrected chi connectivity index (χ4v) is 1.97. The third kappa shape index (κ3) is 6.90. The monoisotopic (exact) mass is 272 g/mol. The molecule has 1 amide bonds. The number of hydrogen-bond acceptors (Lipinski definition) is 2. The molecule has 0 heterocycles. The summed E-state index contributed by atoms with van der Waals surface area (Å²) in [6, 6.07) is 10.1. The summed E-state index contributed by atoms with van der Waals surface area (Å²) in [4.78, 5) is 13.9. The maximum absolute atomic E-state index is 11.7. The topological polar surface area (TPSA) is 32.3 Å². The van der Waals surface area contributed by atoms with Crippen LogP contribution in [0.3, 0.4) is 0 Å². The maximum atomic E-state index is 11.7. The van der Waals surface area contributed by atoms with Gasteiger partial charge < -0.3 is 5.32 Å². The molecule has 0 saturated carbocycles. The highest BCUT2D eigenvalue weighted by Gasteiger charge is 2.04. The van der Waals surface area contributed by atoms with Crippen LogP contribution in [0.1, 0.15) is 12.0 Å². The van der Waals surface area contributed by atoms with E-state index >= 15 is 0 Å².